The van der Waals surface area contributed by atoms with Gasteiger partial charge in [-0.15, -0.1) is 10.2 Å². The number of nitrogens with one attached hydrogen (secondary N) is 1. The normalized spacial score (nSPS) is 17.6. The van der Waals surface area contributed by atoms with Crippen LogP contribution in [0.5, 0.6) is 5.75 Å². The van der Waals surface area contributed by atoms with Crippen LogP contribution in [-0.4, -0.2) is 40.9 Å². The first kappa shape index (κ1) is 20.6. The minimum atomic E-state index is -0.438. The first-order valence-corrected chi connectivity index (χ1v) is 10.9. The number of aromatic nitrogens is 2. The number of carbonyl (C=O) groups excluding carboxylic acids is 2. The first-order chi connectivity index (χ1) is 13.4. The molecule has 150 valence electrons. The van der Waals surface area contributed by atoms with E-state index in [0.29, 0.717) is 28.4 Å². The molecule has 1 aromatic carbocycles. The molecule has 1 aliphatic heterocycles. The zero-order chi connectivity index (χ0) is 20.3. The van der Waals surface area contributed by atoms with Crippen LogP contribution >= 0.6 is 23.1 Å². The maximum atomic E-state index is 12.7. The molecule has 2 unspecified atom stereocenters. The van der Waals surface area contributed by atoms with E-state index in [4.69, 9.17) is 4.74 Å². The molecule has 0 radical (unpaired) electrons. The summed E-state index contributed by atoms with van der Waals surface area (Å²) >= 11 is 3.00. The van der Waals surface area contributed by atoms with Crippen molar-refractivity contribution >= 4 is 45.7 Å². The van der Waals surface area contributed by atoms with Gasteiger partial charge < -0.3 is 15.0 Å². The molecule has 0 saturated carbocycles. The van der Waals surface area contributed by atoms with Gasteiger partial charge >= 0.3 is 0 Å². The molecule has 1 fully saturated rings. The van der Waals surface area contributed by atoms with Crippen LogP contribution in [0.25, 0.3) is 0 Å². The van der Waals surface area contributed by atoms with E-state index in [1.807, 2.05) is 25.1 Å². The van der Waals surface area contributed by atoms with Gasteiger partial charge in [0.05, 0.1) is 18.7 Å². The van der Waals surface area contributed by atoms with E-state index in [2.05, 4.69) is 29.4 Å². The predicted molar refractivity (Wildman–Crippen MR) is 112 cm³/mol. The Morgan fingerprint density at radius 1 is 1.46 bits per heavy atom. The third kappa shape index (κ3) is 4.64. The number of nitrogens with zero attached hydrogens (tertiary/aromatic N) is 3. The van der Waals surface area contributed by atoms with Gasteiger partial charge in [-0.2, -0.15) is 0 Å². The predicted octanol–water partition coefficient (Wildman–Crippen LogP) is 3.74. The van der Waals surface area contributed by atoms with Gasteiger partial charge in [0.1, 0.15) is 5.75 Å². The Balaban J connectivity index is 1.67. The number of rotatable bonds is 7. The van der Waals surface area contributed by atoms with Gasteiger partial charge in [0.25, 0.3) is 0 Å². The molecule has 1 aromatic heterocycles. The number of hydrogen-bond acceptors (Lipinski definition) is 7. The summed E-state index contributed by atoms with van der Waals surface area (Å²) in [7, 11) is 1.57. The van der Waals surface area contributed by atoms with Crippen LogP contribution in [0.4, 0.5) is 10.8 Å². The summed E-state index contributed by atoms with van der Waals surface area (Å²) in [5.41, 5.74) is 1.72. The second-order valence-corrected chi connectivity index (χ2v) is 9.44. The van der Waals surface area contributed by atoms with E-state index in [0.717, 1.165) is 16.3 Å². The maximum Gasteiger partial charge on any atom is 0.231 e. The van der Waals surface area contributed by atoms with Crippen LogP contribution in [0.2, 0.25) is 0 Å². The average Bonchev–Trinajstić information content (AvgIpc) is 3.27. The van der Waals surface area contributed by atoms with Crippen LogP contribution in [0.1, 0.15) is 32.3 Å². The smallest absolute Gasteiger partial charge is 0.231 e. The van der Waals surface area contributed by atoms with E-state index >= 15 is 0 Å². The first-order valence-electron chi connectivity index (χ1n) is 9.17. The lowest BCUT2D eigenvalue weighted by Gasteiger charge is -2.20. The van der Waals surface area contributed by atoms with Crippen LogP contribution in [-0.2, 0) is 9.59 Å². The fourth-order valence-corrected chi connectivity index (χ4v) is 4.90. The van der Waals surface area contributed by atoms with Crippen molar-refractivity contribution in [3.8, 4) is 5.75 Å². The number of aryl methyl sites for hydroxylation is 1. The highest BCUT2D eigenvalue weighted by atomic mass is 32.2. The van der Waals surface area contributed by atoms with Crippen LogP contribution in [0.15, 0.2) is 22.5 Å². The zero-order valence-electron chi connectivity index (χ0n) is 16.4. The van der Waals surface area contributed by atoms with Crippen molar-refractivity contribution in [2.24, 2.45) is 5.92 Å². The highest BCUT2D eigenvalue weighted by molar-refractivity contribution is 8.01. The van der Waals surface area contributed by atoms with Crippen molar-refractivity contribution in [3.63, 3.8) is 0 Å². The third-order valence-corrected chi connectivity index (χ3v) is 6.83. The molecular formula is C19H24N4O3S2. The number of thioether (sulfide) groups is 1. The molecule has 2 amide bonds. The highest BCUT2D eigenvalue weighted by Gasteiger charge is 2.36. The molecule has 1 N–H and O–H groups in total. The molecule has 1 aliphatic rings. The van der Waals surface area contributed by atoms with Crippen molar-refractivity contribution in [3.05, 3.63) is 23.8 Å². The van der Waals surface area contributed by atoms with Crippen LogP contribution < -0.4 is 15.0 Å². The summed E-state index contributed by atoms with van der Waals surface area (Å²) < 4.78 is 6.21. The highest BCUT2D eigenvalue weighted by Crippen LogP contribution is 2.35. The summed E-state index contributed by atoms with van der Waals surface area (Å²) in [6.07, 6.45) is 1.20. The minimum absolute atomic E-state index is 0.0886. The molecule has 1 saturated heterocycles. The van der Waals surface area contributed by atoms with Gasteiger partial charge in [-0.05, 0) is 31.0 Å². The molecular weight excluding hydrogens is 396 g/mol. The lowest BCUT2D eigenvalue weighted by Crippen LogP contribution is -2.28. The number of anilines is 2. The number of methoxy groups -OCH3 is 1. The number of carbonyl (C=O) groups is 2. The number of ether oxygens (including phenoxy) is 1. The largest absolute Gasteiger partial charge is 0.495 e. The molecule has 28 heavy (non-hydrogen) atoms. The van der Waals surface area contributed by atoms with Gasteiger partial charge in [-0.1, -0.05) is 43.0 Å². The SMILES string of the molecule is CCC(C)Sc1nnc(NC(=O)C2CC(=O)N(c3cc(C)ccc3OC)C2)s1. The maximum absolute atomic E-state index is 12.7. The Hall–Kier alpha value is -2.13. The fourth-order valence-electron chi connectivity index (χ4n) is 2.90. The van der Waals surface area contributed by atoms with Gasteiger partial charge in [0.15, 0.2) is 4.34 Å². The summed E-state index contributed by atoms with van der Waals surface area (Å²) in [5.74, 6) is -0.115. The van der Waals surface area contributed by atoms with E-state index < -0.39 is 5.92 Å². The summed E-state index contributed by atoms with van der Waals surface area (Å²) in [5, 5.41) is 11.9. The van der Waals surface area contributed by atoms with Gasteiger partial charge in [-0.3, -0.25) is 9.59 Å². The summed E-state index contributed by atoms with van der Waals surface area (Å²) in [6.45, 7) is 6.52. The van der Waals surface area contributed by atoms with Crippen molar-refractivity contribution in [1.29, 1.82) is 0 Å². The minimum Gasteiger partial charge on any atom is -0.495 e. The summed E-state index contributed by atoms with van der Waals surface area (Å²) in [6, 6.07) is 5.67. The Morgan fingerprint density at radius 3 is 2.96 bits per heavy atom. The molecule has 2 aromatic rings. The molecule has 2 heterocycles. The van der Waals surface area contributed by atoms with Crippen LogP contribution in [0.3, 0.4) is 0 Å². The average molecular weight is 421 g/mol. The molecule has 2 atom stereocenters. The van der Waals surface area contributed by atoms with Crippen molar-refractivity contribution in [2.45, 2.75) is 43.2 Å². The number of hydrogen-bond donors (Lipinski definition) is 1. The van der Waals surface area contributed by atoms with Crippen molar-refractivity contribution < 1.29 is 14.3 Å². The fraction of sp³-hybridized carbons (Fsp3) is 0.474. The Bertz CT molecular complexity index is 871. The van der Waals surface area contributed by atoms with Crippen molar-refractivity contribution in [2.75, 3.05) is 23.9 Å². The Labute approximate surface area is 172 Å². The van der Waals surface area contributed by atoms with Crippen molar-refractivity contribution in [1.82, 2.24) is 10.2 Å². The molecule has 9 heteroatoms. The van der Waals surface area contributed by atoms with E-state index in [1.54, 1.807) is 23.8 Å². The van der Waals surface area contributed by atoms with Gasteiger partial charge in [0.2, 0.25) is 16.9 Å². The Kier molecular flexibility index (Phi) is 6.56. The topological polar surface area (TPSA) is 84.4 Å². The molecule has 0 bridgehead atoms. The van der Waals surface area contributed by atoms with Gasteiger partial charge in [-0.25, -0.2) is 0 Å². The third-order valence-electron chi connectivity index (χ3n) is 4.63. The van der Waals surface area contributed by atoms with Gasteiger partial charge in [0, 0.05) is 18.2 Å². The second-order valence-electron chi connectivity index (χ2n) is 6.78. The number of amides is 2. The molecule has 0 spiro atoms. The Morgan fingerprint density at radius 2 is 2.25 bits per heavy atom. The lowest BCUT2D eigenvalue weighted by atomic mass is 10.1. The van der Waals surface area contributed by atoms with E-state index in [1.165, 1.54) is 11.3 Å². The zero-order valence-corrected chi connectivity index (χ0v) is 18.0. The number of benzene rings is 1. The molecule has 3 rings (SSSR count). The lowest BCUT2D eigenvalue weighted by molar-refractivity contribution is -0.122. The quantitative estimate of drug-likeness (QED) is 0.543. The van der Waals surface area contributed by atoms with Crippen LogP contribution in [0, 0.1) is 12.8 Å². The second kappa shape index (κ2) is 8.91. The molecule has 7 nitrogen and oxygen atoms in total. The molecule has 0 aliphatic carbocycles. The van der Waals surface area contributed by atoms with E-state index in [-0.39, 0.29) is 18.2 Å². The monoisotopic (exact) mass is 420 g/mol. The standard InChI is InChI=1S/C19H24N4O3S2/c1-5-12(3)27-19-22-21-18(28-19)20-17(25)13-9-16(24)23(10-13)14-8-11(2)6-7-15(14)26-4/h6-8,12-13H,5,9-10H2,1-4H3,(H,20,21,25). The van der Waals surface area contributed by atoms with E-state index in [9.17, 15) is 9.59 Å². The summed E-state index contributed by atoms with van der Waals surface area (Å²) in [4.78, 5) is 26.8.